The maximum absolute atomic E-state index is 13.5. The SMILES string of the molecule is CN(C)CC1C2CCC(C2)CC1(O)c1c[c]cc(F)c1. The third kappa shape index (κ3) is 2.38. The summed E-state index contributed by atoms with van der Waals surface area (Å²) in [6, 6.07) is 7.40. The quantitative estimate of drug-likeness (QED) is 0.917. The van der Waals surface area contributed by atoms with E-state index in [4.69, 9.17) is 0 Å². The van der Waals surface area contributed by atoms with Gasteiger partial charge in [0.15, 0.2) is 0 Å². The van der Waals surface area contributed by atoms with Crippen LogP contribution in [0.5, 0.6) is 0 Å². The van der Waals surface area contributed by atoms with Crippen LogP contribution in [-0.4, -0.2) is 30.6 Å². The Kier molecular flexibility index (Phi) is 3.59. The third-order valence-corrected chi connectivity index (χ3v) is 5.18. The molecule has 2 aliphatic rings. The number of hydrogen-bond donors (Lipinski definition) is 1. The highest BCUT2D eigenvalue weighted by Gasteiger charge is 2.51. The summed E-state index contributed by atoms with van der Waals surface area (Å²) in [4.78, 5) is 2.14. The van der Waals surface area contributed by atoms with Gasteiger partial charge in [-0.05, 0) is 75.0 Å². The lowest BCUT2D eigenvalue weighted by molar-refractivity contribution is -0.0892. The van der Waals surface area contributed by atoms with Crippen LogP contribution in [0.2, 0.25) is 0 Å². The van der Waals surface area contributed by atoms with Gasteiger partial charge in [-0.25, -0.2) is 4.39 Å². The zero-order chi connectivity index (χ0) is 14.3. The van der Waals surface area contributed by atoms with Gasteiger partial charge in [0.25, 0.3) is 0 Å². The van der Waals surface area contributed by atoms with Crippen LogP contribution < -0.4 is 0 Å². The van der Waals surface area contributed by atoms with Gasteiger partial charge < -0.3 is 10.0 Å². The molecule has 20 heavy (non-hydrogen) atoms. The molecule has 0 saturated heterocycles. The normalized spacial score (nSPS) is 36.5. The fourth-order valence-electron chi connectivity index (χ4n) is 4.36. The molecule has 1 aromatic rings. The highest BCUT2D eigenvalue weighted by molar-refractivity contribution is 5.26. The predicted molar refractivity (Wildman–Crippen MR) is 76.6 cm³/mol. The van der Waals surface area contributed by atoms with Crippen LogP contribution in [0.1, 0.15) is 31.2 Å². The molecule has 3 heteroatoms. The third-order valence-electron chi connectivity index (χ3n) is 5.18. The first-order valence-electron chi connectivity index (χ1n) is 7.53. The molecule has 1 N–H and O–H groups in total. The minimum Gasteiger partial charge on any atom is -0.385 e. The molecular weight excluding hydrogens is 253 g/mol. The number of halogens is 1. The van der Waals surface area contributed by atoms with Gasteiger partial charge in [-0.3, -0.25) is 0 Å². The zero-order valence-corrected chi connectivity index (χ0v) is 12.3. The molecule has 3 rings (SSSR count). The summed E-state index contributed by atoms with van der Waals surface area (Å²) in [5, 5.41) is 11.3. The van der Waals surface area contributed by atoms with Crippen molar-refractivity contribution in [3.8, 4) is 0 Å². The number of aliphatic hydroxyl groups is 1. The van der Waals surface area contributed by atoms with E-state index in [0.29, 0.717) is 17.4 Å². The van der Waals surface area contributed by atoms with Crippen molar-refractivity contribution >= 4 is 0 Å². The molecule has 109 valence electrons. The van der Waals surface area contributed by atoms with Crippen molar-refractivity contribution in [3.05, 3.63) is 35.6 Å². The van der Waals surface area contributed by atoms with Gasteiger partial charge in [0.1, 0.15) is 5.82 Å². The molecule has 1 radical (unpaired) electrons. The number of nitrogens with zero attached hydrogens (tertiary/aromatic N) is 1. The number of benzene rings is 1. The Balaban J connectivity index is 1.98. The minimum absolute atomic E-state index is 0.187. The number of rotatable bonds is 3. The van der Waals surface area contributed by atoms with E-state index in [0.717, 1.165) is 13.0 Å². The van der Waals surface area contributed by atoms with Gasteiger partial charge in [0.05, 0.1) is 5.60 Å². The van der Waals surface area contributed by atoms with E-state index in [-0.39, 0.29) is 11.7 Å². The average molecular weight is 276 g/mol. The van der Waals surface area contributed by atoms with Gasteiger partial charge in [-0.15, -0.1) is 0 Å². The van der Waals surface area contributed by atoms with Crippen LogP contribution in [0.4, 0.5) is 4.39 Å². The molecule has 0 spiro atoms. The van der Waals surface area contributed by atoms with Crippen LogP contribution in [0.15, 0.2) is 18.2 Å². The predicted octanol–water partition coefficient (Wildman–Crippen LogP) is 2.81. The number of fused-ring (bicyclic) bond motifs is 2. The Labute approximate surface area is 120 Å². The van der Waals surface area contributed by atoms with E-state index in [1.165, 1.54) is 31.4 Å². The molecular formula is C17H23FNO. The van der Waals surface area contributed by atoms with Crippen molar-refractivity contribution in [2.75, 3.05) is 20.6 Å². The van der Waals surface area contributed by atoms with Crippen molar-refractivity contribution in [1.82, 2.24) is 4.90 Å². The molecule has 1 aromatic carbocycles. The first-order valence-corrected chi connectivity index (χ1v) is 7.53. The van der Waals surface area contributed by atoms with Crippen molar-refractivity contribution < 1.29 is 9.50 Å². The maximum Gasteiger partial charge on any atom is 0.124 e. The standard InChI is InChI=1S/C17H23FNO/c1-19(2)11-16-13-7-6-12(8-13)10-17(16,20)14-4-3-5-15(18)9-14/h4-5,9,12-13,16,20H,6-8,10-11H2,1-2H3. The monoisotopic (exact) mass is 276 g/mol. The second-order valence-corrected chi connectivity index (χ2v) is 6.88. The molecule has 2 saturated carbocycles. The smallest absolute Gasteiger partial charge is 0.124 e. The topological polar surface area (TPSA) is 23.5 Å². The highest BCUT2D eigenvalue weighted by atomic mass is 19.1. The van der Waals surface area contributed by atoms with Gasteiger partial charge >= 0.3 is 0 Å². The molecule has 0 amide bonds. The zero-order valence-electron chi connectivity index (χ0n) is 12.3. The lowest BCUT2D eigenvalue weighted by Crippen LogP contribution is -2.47. The number of hydrogen-bond acceptors (Lipinski definition) is 2. The Morgan fingerprint density at radius 3 is 2.90 bits per heavy atom. The summed E-state index contributed by atoms with van der Waals surface area (Å²) in [5.74, 6) is 1.03. The van der Waals surface area contributed by atoms with E-state index in [2.05, 4.69) is 11.0 Å². The molecule has 2 fully saturated rings. The molecule has 0 aromatic heterocycles. The summed E-state index contributed by atoms with van der Waals surface area (Å²) in [6.45, 7) is 0.852. The van der Waals surface area contributed by atoms with E-state index >= 15 is 0 Å². The summed E-state index contributed by atoms with van der Waals surface area (Å²) in [6.07, 6.45) is 4.39. The van der Waals surface area contributed by atoms with E-state index < -0.39 is 5.60 Å². The Morgan fingerprint density at radius 2 is 2.20 bits per heavy atom. The van der Waals surface area contributed by atoms with E-state index in [9.17, 15) is 9.50 Å². The fraction of sp³-hybridized carbons (Fsp3) is 0.647. The van der Waals surface area contributed by atoms with Crippen LogP contribution in [-0.2, 0) is 5.60 Å². The summed E-state index contributed by atoms with van der Waals surface area (Å²) < 4.78 is 13.5. The molecule has 2 bridgehead atoms. The van der Waals surface area contributed by atoms with Crippen molar-refractivity contribution in [2.45, 2.75) is 31.3 Å². The van der Waals surface area contributed by atoms with Gasteiger partial charge in [-0.2, -0.15) is 0 Å². The van der Waals surface area contributed by atoms with Gasteiger partial charge in [0, 0.05) is 12.5 Å². The van der Waals surface area contributed by atoms with Crippen molar-refractivity contribution in [1.29, 1.82) is 0 Å². The second kappa shape index (κ2) is 5.12. The van der Waals surface area contributed by atoms with Gasteiger partial charge in [0.2, 0.25) is 0 Å². The largest absolute Gasteiger partial charge is 0.385 e. The van der Waals surface area contributed by atoms with Crippen LogP contribution >= 0.6 is 0 Å². The maximum atomic E-state index is 13.5. The van der Waals surface area contributed by atoms with Crippen molar-refractivity contribution in [3.63, 3.8) is 0 Å². The van der Waals surface area contributed by atoms with E-state index in [1.54, 1.807) is 6.07 Å². The lowest BCUT2D eigenvalue weighted by atomic mass is 9.66. The average Bonchev–Trinajstić information content (AvgIpc) is 2.78. The first-order chi connectivity index (χ1) is 9.49. The summed E-state index contributed by atoms with van der Waals surface area (Å²) in [5.41, 5.74) is -0.187. The minimum atomic E-state index is -0.896. The first kappa shape index (κ1) is 14.0. The summed E-state index contributed by atoms with van der Waals surface area (Å²) in [7, 11) is 4.08. The molecule has 4 atom stereocenters. The fourth-order valence-corrected chi connectivity index (χ4v) is 4.36. The van der Waals surface area contributed by atoms with Gasteiger partial charge in [-0.1, -0.05) is 6.42 Å². The molecule has 0 aliphatic heterocycles. The second-order valence-electron chi connectivity index (χ2n) is 6.88. The van der Waals surface area contributed by atoms with Crippen molar-refractivity contribution in [2.24, 2.45) is 17.8 Å². The lowest BCUT2D eigenvalue weighted by Gasteiger charge is -2.45. The summed E-state index contributed by atoms with van der Waals surface area (Å²) >= 11 is 0. The Bertz CT molecular complexity index is 490. The Hall–Kier alpha value is -0.930. The molecule has 0 heterocycles. The molecule has 4 unspecified atom stereocenters. The van der Waals surface area contributed by atoms with E-state index in [1.807, 2.05) is 14.1 Å². The van der Waals surface area contributed by atoms with Crippen LogP contribution in [0, 0.1) is 29.6 Å². The van der Waals surface area contributed by atoms with Crippen LogP contribution in [0.3, 0.4) is 0 Å². The molecule has 2 aliphatic carbocycles. The Morgan fingerprint density at radius 1 is 1.40 bits per heavy atom. The highest BCUT2D eigenvalue weighted by Crippen LogP contribution is 2.54. The molecule has 2 nitrogen and oxygen atoms in total. The van der Waals surface area contributed by atoms with Crippen LogP contribution in [0.25, 0.3) is 0 Å².